The first kappa shape index (κ1) is 38.1. The number of benzene rings is 9. The summed E-state index contributed by atoms with van der Waals surface area (Å²) in [6.07, 6.45) is 0. The third kappa shape index (κ3) is 5.34. The van der Waals surface area contributed by atoms with Crippen molar-refractivity contribution in [2.45, 2.75) is 57.8 Å². The van der Waals surface area contributed by atoms with E-state index in [0.29, 0.717) is 0 Å². The summed E-state index contributed by atoms with van der Waals surface area (Å²) in [4.78, 5) is 2.43. The van der Waals surface area contributed by atoms with Crippen LogP contribution in [0, 0.1) is 0 Å². The van der Waals surface area contributed by atoms with Crippen LogP contribution in [0.5, 0.6) is 0 Å². The molecule has 9 aromatic carbocycles. The molecule has 1 aromatic heterocycles. The molecule has 13 rings (SSSR count). The maximum absolute atomic E-state index is 6.89. The highest BCUT2D eigenvalue weighted by Gasteiger charge is 2.38. The number of fused-ring (bicyclic) bond motifs is 12. The number of hydrogen-bond donors (Lipinski definition) is 0. The highest BCUT2D eigenvalue weighted by Crippen LogP contribution is 2.54. The summed E-state index contributed by atoms with van der Waals surface area (Å²) < 4.78 is 6.89. The maximum Gasteiger partial charge on any atom is 0.137 e. The fourth-order valence-electron chi connectivity index (χ4n) is 12.0. The van der Waals surface area contributed by atoms with Gasteiger partial charge in [0, 0.05) is 50.1 Å². The molecule has 312 valence electrons. The SMILES string of the molecule is CC1(C)c2ccccc2-c2ccc(-c3ccc(N(c4ccc5c(c4)C(C)(C)c4ccccc4-5)c4ccc5c(c4)oc4cc6c(cc45)C(C)(C)c4ccccc4-6)cc3-c3ccccc3)cc21. The van der Waals surface area contributed by atoms with E-state index in [1.807, 2.05) is 0 Å². The van der Waals surface area contributed by atoms with Crippen molar-refractivity contribution in [1.29, 1.82) is 0 Å². The van der Waals surface area contributed by atoms with Crippen molar-refractivity contribution in [2.75, 3.05) is 4.90 Å². The number of anilines is 3. The Balaban J connectivity index is 1.00. The normalized spacial score (nSPS) is 15.3. The van der Waals surface area contributed by atoms with Crippen molar-refractivity contribution in [3.05, 3.63) is 221 Å². The van der Waals surface area contributed by atoms with Gasteiger partial charge in [-0.3, -0.25) is 0 Å². The first-order chi connectivity index (χ1) is 31.5. The van der Waals surface area contributed by atoms with Gasteiger partial charge in [-0.25, -0.2) is 0 Å². The van der Waals surface area contributed by atoms with Crippen LogP contribution in [0.25, 0.3) is 77.6 Å². The number of rotatable bonds is 5. The molecule has 3 aliphatic rings. The summed E-state index contributed by atoms with van der Waals surface area (Å²) >= 11 is 0. The molecule has 1 heterocycles. The molecule has 0 radical (unpaired) electrons. The Labute approximate surface area is 381 Å². The molecule has 65 heavy (non-hydrogen) atoms. The second-order valence-corrected chi connectivity index (χ2v) is 20.1. The van der Waals surface area contributed by atoms with E-state index < -0.39 is 0 Å². The topological polar surface area (TPSA) is 16.4 Å². The van der Waals surface area contributed by atoms with Crippen LogP contribution in [0.15, 0.2) is 192 Å². The van der Waals surface area contributed by atoms with Gasteiger partial charge in [0.2, 0.25) is 0 Å². The molecule has 2 nitrogen and oxygen atoms in total. The lowest BCUT2D eigenvalue weighted by molar-refractivity contribution is 0.657. The van der Waals surface area contributed by atoms with E-state index in [0.717, 1.165) is 39.0 Å². The minimum absolute atomic E-state index is 0.0922. The third-order valence-electron chi connectivity index (χ3n) is 15.5. The standard InChI is InChI=1S/C63H49NO/c1-61(2)53-21-13-10-18-44(53)47-28-24-39(32-56(47)61)43-29-25-40(33-50(43)38-16-8-7-9-17-38)64(41-26-30-48-45-19-11-14-22-54(45)62(3,4)57(48)34-41)42-27-31-49-52-36-58-51(37-60(52)65-59(49)35-42)46-20-12-15-23-55(46)63(58,5)6/h7-37H,1-6H3. The summed E-state index contributed by atoms with van der Waals surface area (Å²) in [5.41, 5.74) is 25.6. The Kier molecular flexibility index (Phi) is 7.80. The lowest BCUT2D eigenvalue weighted by atomic mass is 9.81. The van der Waals surface area contributed by atoms with E-state index in [2.05, 4.69) is 234 Å². The quantitative estimate of drug-likeness (QED) is 0.172. The van der Waals surface area contributed by atoms with E-state index in [-0.39, 0.29) is 16.2 Å². The van der Waals surface area contributed by atoms with Crippen molar-refractivity contribution in [3.8, 4) is 55.6 Å². The Hall–Kier alpha value is -7.42. The van der Waals surface area contributed by atoms with Gasteiger partial charge in [0.15, 0.2) is 0 Å². The lowest BCUT2D eigenvalue weighted by Gasteiger charge is -2.29. The molecule has 0 N–H and O–H groups in total. The molecular weight excluding hydrogens is 787 g/mol. The molecule has 0 saturated carbocycles. The highest BCUT2D eigenvalue weighted by molar-refractivity contribution is 6.09. The summed E-state index contributed by atoms with van der Waals surface area (Å²) in [5.74, 6) is 0. The minimum atomic E-state index is -0.150. The molecule has 2 heteroatoms. The van der Waals surface area contributed by atoms with Crippen LogP contribution >= 0.6 is 0 Å². The molecule has 0 saturated heterocycles. The van der Waals surface area contributed by atoms with Crippen LogP contribution in [0.3, 0.4) is 0 Å². The Morgan fingerprint density at radius 1 is 0.292 bits per heavy atom. The van der Waals surface area contributed by atoms with Crippen LogP contribution in [0.4, 0.5) is 17.1 Å². The molecule has 0 spiro atoms. The molecule has 0 amide bonds. The van der Waals surface area contributed by atoms with Crippen LogP contribution in [0.1, 0.15) is 74.9 Å². The fourth-order valence-corrected chi connectivity index (χ4v) is 12.0. The fraction of sp³-hybridized carbons (Fsp3) is 0.143. The van der Waals surface area contributed by atoms with Crippen molar-refractivity contribution in [2.24, 2.45) is 0 Å². The van der Waals surface area contributed by atoms with Crippen molar-refractivity contribution < 1.29 is 4.42 Å². The average molecular weight is 836 g/mol. The number of hydrogen-bond acceptors (Lipinski definition) is 2. The van der Waals surface area contributed by atoms with E-state index in [4.69, 9.17) is 4.42 Å². The maximum atomic E-state index is 6.89. The molecule has 0 bridgehead atoms. The van der Waals surface area contributed by atoms with Crippen molar-refractivity contribution >= 4 is 39.0 Å². The number of furan rings is 1. The van der Waals surface area contributed by atoms with Crippen LogP contribution < -0.4 is 4.90 Å². The van der Waals surface area contributed by atoms with Crippen molar-refractivity contribution in [1.82, 2.24) is 0 Å². The lowest BCUT2D eigenvalue weighted by Crippen LogP contribution is -2.16. The zero-order valence-electron chi connectivity index (χ0n) is 37.8. The second kappa shape index (κ2) is 13.3. The molecule has 10 aromatic rings. The monoisotopic (exact) mass is 835 g/mol. The zero-order chi connectivity index (χ0) is 44.0. The van der Waals surface area contributed by atoms with Gasteiger partial charge in [-0.2, -0.15) is 0 Å². The molecule has 0 fully saturated rings. The van der Waals surface area contributed by atoms with Gasteiger partial charge < -0.3 is 9.32 Å². The largest absolute Gasteiger partial charge is 0.456 e. The Bertz CT molecular complexity index is 3640. The zero-order valence-corrected chi connectivity index (χ0v) is 37.8. The van der Waals surface area contributed by atoms with Gasteiger partial charge in [0.25, 0.3) is 0 Å². The molecule has 3 aliphatic carbocycles. The molecular formula is C63H49NO. The predicted octanol–water partition coefficient (Wildman–Crippen LogP) is 17.3. The average Bonchev–Trinajstić information content (AvgIpc) is 3.96. The van der Waals surface area contributed by atoms with E-state index in [9.17, 15) is 0 Å². The second-order valence-electron chi connectivity index (χ2n) is 20.1. The van der Waals surface area contributed by atoms with E-state index in [1.54, 1.807) is 0 Å². The highest BCUT2D eigenvalue weighted by atomic mass is 16.3. The summed E-state index contributed by atoms with van der Waals surface area (Å²) in [6, 6.07) is 70.2. The van der Waals surface area contributed by atoms with Gasteiger partial charge in [-0.15, -0.1) is 0 Å². The van der Waals surface area contributed by atoms with Gasteiger partial charge in [0.1, 0.15) is 11.2 Å². The third-order valence-corrected chi connectivity index (χ3v) is 15.5. The predicted molar refractivity (Wildman–Crippen MR) is 272 cm³/mol. The van der Waals surface area contributed by atoms with E-state index in [1.165, 1.54) is 89.0 Å². The van der Waals surface area contributed by atoms with Crippen molar-refractivity contribution in [3.63, 3.8) is 0 Å². The Morgan fingerprint density at radius 2 is 0.754 bits per heavy atom. The first-order valence-electron chi connectivity index (χ1n) is 23.1. The van der Waals surface area contributed by atoms with Gasteiger partial charge >= 0.3 is 0 Å². The van der Waals surface area contributed by atoms with Gasteiger partial charge in [-0.05, 0) is 144 Å². The summed E-state index contributed by atoms with van der Waals surface area (Å²) in [6.45, 7) is 14.1. The van der Waals surface area contributed by atoms with E-state index >= 15 is 0 Å². The first-order valence-corrected chi connectivity index (χ1v) is 23.1. The Morgan fingerprint density at radius 3 is 1.40 bits per heavy atom. The molecule has 0 aliphatic heterocycles. The van der Waals surface area contributed by atoms with Crippen LogP contribution in [-0.2, 0) is 16.2 Å². The summed E-state index contributed by atoms with van der Waals surface area (Å²) in [7, 11) is 0. The minimum Gasteiger partial charge on any atom is -0.456 e. The molecule has 0 unspecified atom stereocenters. The molecule has 0 atom stereocenters. The smallest absolute Gasteiger partial charge is 0.137 e. The van der Waals surface area contributed by atoms with Crippen LogP contribution in [0.2, 0.25) is 0 Å². The van der Waals surface area contributed by atoms with Gasteiger partial charge in [0.05, 0.1) is 0 Å². The number of nitrogens with zero attached hydrogens (tertiary/aromatic N) is 1. The van der Waals surface area contributed by atoms with Gasteiger partial charge in [-0.1, -0.05) is 169 Å². The van der Waals surface area contributed by atoms with Crippen LogP contribution in [-0.4, -0.2) is 0 Å². The summed E-state index contributed by atoms with van der Waals surface area (Å²) in [5, 5.41) is 2.29.